The number of hydrogen-bond acceptors (Lipinski definition) is 4. The lowest BCUT2D eigenvalue weighted by Crippen LogP contribution is -2.13. The van der Waals surface area contributed by atoms with Gasteiger partial charge < -0.3 is 9.88 Å². The van der Waals surface area contributed by atoms with Gasteiger partial charge in [-0.15, -0.1) is 0 Å². The Balaban J connectivity index is 1.98. The number of hydrogen-bond donors (Lipinski definition) is 1. The van der Waals surface area contributed by atoms with Crippen LogP contribution in [-0.2, 0) is 6.18 Å². The van der Waals surface area contributed by atoms with E-state index in [4.69, 9.17) is 0 Å². The summed E-state index contributed by atoms with van der Waals surface area (Å²) in [5, 5.41) is 0. The number of H-pyrrole nitrogens is 1. The Morgan fingerprint density at radius 1 is 1.05 bits per heavy atom. The Bertz CT molecular complexity index is 763. The SMILES string of the molecule is CN(c1ccc(C(F)(F)F)cc1)c1ncnc2nc[nH]c12. The highest BCUT2D eigenvalue weighted by Gasteiger charge is 2.30. The number of imidazole rings is 1. The highest BCUT2D eigenvalue weighted by atomic mass is 19.4. The molecule has 21 heavy (non-hydrogen) atoms. The van der Waals surface area contributed by atoms with Crippen molar-refractivity contribution in [2.45, 2.75) is 6.18 Å². The van der Waals surface area contributed by atoms with Gasteiger partial charge in [-0.05, 0) is 24.3 Å². The van der Waals surface area contributed by atoms with Crippen LogP contribution in [0.15, 0.2) is 36.9 Å². The zero-order valence-corrected chi connectivity index (χ0v) is 10.9. The molecular weight excluding hydrogens is 283 g/mol. The maximum atomic E-state index is 12.6. The van der Waals surface area contributed by atoms with Crippen molar-refractivity contribution in [3.63, 3.8) is 0 Å². The second-order valence-corrected chi connectivity index (χ2v) is 4.40. The van der Waals surface area contributed by atoms with Gasteiger partial charge in [0.15, 0.2) is 11.5 Å². The number of nitrogens with one attached hydrogen (secondary N) is 1. The van der Waals surface area contributed by atoms with Crippen LogP contribution in [0.25, 0.3) is 11.2 Å². The number of anilines is 2. The third-order valence-corrected chi connectivity index (χ3v) is 3.10. The molecule has 0 bridgehead atoms. The molecule has 0 saturated heterocycles. The third-order valence-electron chi connectivity index (χ3n) is 3.10. The number of benzene rings is 1. The molecule has 0 aliphatic rings. The zero-order valence-electron chi connectivity index (χ0n) is 10.9. The second-order valence-electron chi connectivity index (χ2n) is 4.40. The summed E-state index contributed by atoms with van der Waals surface area (Å²) in [4.78, 5) is 16.7. The smallest absolute Gasteiger partial charge is 0.340 e. The van der Waals surface area contributed by atoms with Gasteiger partial charge in [0.05, 0.1) is 11.9 Å². The van der Waals surface area contributed by atoms with Crippen molar-refractivity contribution in [2.24, 2.45) is 0 Å². The van der Waals surface area contributed by atoms with Gasteiger partial charge in [0.25, 0.3) is 0 Å². The van der Waals surface area contributed by atoms with Gasteiger partial charge in [-0.1, -0.05) is 0 Å². The average Bonchev–Trinajstić information content (AvgIpc) is 2.94. The van der Waals surface area contributed by atoms with Crippen LogP contribution in [0.2, 0.25) is 0 Å². The molecule has 0 aliphatic heterocycles. The van der Waals surface area contributed by atoms with Crippen molar-refractivity contribution in [1.82, 2.24) is 19.9 Å². The highest BCUT2D eigenvalue weighted by molar-refractivity contribution is 5.85. The lowest BCUT2D eigenvalue weighted by Gasteiger charge is -2.19. The molecule has 3 rings (SSSR count). The Kier molecular flexibility index (Phi) is 3.00. The quantitative estimate of drug-likeness (QED) is 0.788. The van der Waals surface area contributed by atoms with E-state index < -0.39 is 11.7 Å². The minimum atomic E-state index is -4.34. The molecule has 5 nitrogen and oxygen atoms in total. The molecule has 108 valence electrons. The van der Waals surface area contributed by atoms with E-state index in [1.54, 1.807) is 11.9 Å². The van der Waals surface area contributed by atoms with Gasteiger partial charge in [0.1, 0.15) is 11.8 Å². The van der Waals surface area contributed by atoms with E-state index in [1.807, 2.05) is 0 Å². The summed E-state index contributed by atoms with van der Waals surface area (Å²) in [5.74, 6) is 0.539. The van der Waals surface area contributed by atoms with E-state index >= 15 is 0 Å². The molecule has 0 radical (unpaired) electrons. The Labute approximate surface area is 117 Å². The van der Waals surface area contributed by atoms with Crippen LogP contribution in [0, 0.1) is 0 Å². The molecule has 1 N–H and O–H groups in total. The van der Waals surface area contributed by atoms with Crippen molar-refractivity contribution >= 4 is 22.7 Å². The summed E-state index contributed by atoms with van der Waals surface area (Å²) >= 11 is 0. The van der Waals surface area contributed by atoms with Crippen LogP contribution in [-0.4, -0.2) is 27.0 Å². The molecular formula is C13H10F3N5. The monoisotopic (exact) mass is 293 g/mol. The Morgan fingerprint density at radius 3 is 2.43 bits per heavy atom. The number of rotatable bonds is 2. The van der Waals surface area contributed by atoms with Gasteiger partial charge in [0.2, 0.25) is 0 Å². The molecule has 0 amide bonds. The number of halogens is 3. The van der Waals surface area contributed by atoms with Crippen molar-refractivity contribution in [2.75, 3.05) is 11.9 Å². The van der Waals surface area contributed by atoms with Crippen LogP contribution in [0.1, 0.15) is 5.56 Å². The van der Waals surface area contributed by atoms with Crippen molar-refractivity contribution in [3.05, 3.63) is 42.5 Å². The summed E-state index contributed by atoms with van der Waals surface area (Å²) in [6.07, 6.45) is -1.49. The number of aromatic nitrogens is 4. The Morgan fingerprint density at radius 2 is 1.76 bits per heavy atom. The predicted molar refractivity (Wildman–Crippen MR) is 71.2 cm³/mol. The standard InChI is InChI=1S/C13H10F3N5/c1-21(9-4-2-8(3-5-9)13(14,15)16)12-10-11(18-6-17-10)19-7-20-12/h2-7H,1H3,(H,17,18,19,20). The van der Waals surface area contributed by atoms with E-state index in [2.05, 4.69) is 19.9 Å². The molecule has 1 aromatic carbocycles. The average molecular weight is 293 g/mol. The van der Waals surface area contributed by atoms with Crippen LogP contribution < -0.4 is 4.90 Å². The van der Waals surface area contributed by atoms with E-state index in [0.717, 1.165) is 12.1 Å². The fourth-order valence-corrected chi connectivity index (χ4v) is 2.00. The van der Waals surface area contributed by atoms with Gasteiger partial charge >= 0.3 is 6.18 Å². The minimum absolute atomic E-state index is 0.499. The fraction of sp³-hybridized carbons (Fsp3) is 0.154. The highest BCUT2D eigenvalue weighted by Crippen LogP contribution is 2.32. The molecule has 0 unspecified atom stereocenters. The maximum absolute atomic E-state index is 12.6. The predicted octanol–water partition coefficient (Wildman–Crippen LogP) is 3.14. The van der Waals surface area contributed by atoms with Crippen LogP contribution in [0.3, 0.4) is 0 Å². The minimum Gasteiger partial charge on any atom is -0.340 e. The van der Waals surface area contributed by atoms with Crippen molar-refractivity contribution in [3.8, 4) is 0 Å². The first-order chi connectivity index (χ1) is 9.97. The summed E-state index contributed by atoms with van der Waals surface area (Å²) in [6, 6.07) is 4.87. The zero-order chi connectivity index (χ0) is 15.0. The normalized spacial score (nSPS) is 11.8. The first kappa shape index (κ1) is 13.3. The molecule has 0 spiro atoms. The van der Waals surface area contributed by atoms with E-state index in [-0.39, 0.29) is 0 Å². The summed E-state index contributed by atoms with van der Waals surface area (Å²) in [5.41, 5.74) is 1.02. The van der Waals surface area contributed by atoms with Gasteiger partial charge in [0, 0.05) is 12.7 Å². The number of nitrogens with zero attached hydrogens (tertiary/aromatic N) is 4. The van der Waals surface area contributed by atoms with E-state index in [0.29, 0.717) is 22.7 Å². The second kappa shape index (κ2) is 4.72. The molecule has 0 aliphatic carbocycles. The fourth-order valence-electron chi connectivity index (χ4n) is 2.00. The van der Waals surface area contributed by atoms with Gasteiger partial charge in [-0.3, -0.25) is 0 Å². The summed E-state index contributed by atoms with van der Waals surface area (Å²) in [7, 11) is 1.71. The molecule has 3 aromatic rings. The molecule has 2 heterocycles. The van der Waals surface area contributed by atoms with Crippen LogP contribution in [0.4, 0.5) is 24.7 Å². The topological polar surface area (TPSA) is 57.7 Å². The molecule has 0 saturated carbocycles. The summed E-state index contributed by atoms with van der Waals surface area (Å²) < 4.78 is 37.7. The number of fused-ring (bicyclic) bond motifs is 1. The first-order valence-corrected chi connectivity index (χ1v) is 6.02. The third kappa shape index (κ3) is 2.39. The van der Waals surface area contributed by atoms with E-state index in [9.17, 15) is 13.2 Å². The van der Waals surface area contributed by atoms with Gasteiger partial charge in [-0.2, -0.15) is 13.2 Å². The number of alkyl halides is 3. The number of aromatic amines is 1. The molecule has 8 heteroatoms. The maximum Gasteiger partial charge on any atom is 0.416 e. The van der Waals surface area contributed by atoms with Crippen LogP contribution in [0.5, 0.6) is 0 Å². The van der Waals surface area contributed by atoms with E-state index in [1.165, 1.54) is 24.8 Å². The van der Waals surface area contributed by atoms with Crippen LogP contribution >= 0.6 is 0 Å². The largest absolute Gasteiger partial charge is 0.416 e. The molecule has 0 fully saturated rings. The van der Waals surface area contributed by atoms with Crippen molar-refractivity contribution < 1.29 is 13.2 Å². The molecule has 2 aromatic heterocycles. The Hall–Kier alpha value is -2.64. The lowest BCUT2D eigenvalue weighted by molar-refractivity contribution is -0.137. The lowest BCUT2D eigenvalue weighted by atomic mass is 10.2. The van der Waals surface area contributed by atoms with Crippen molar-refractivity contribution in [1.29, 1.82) is 0 Å². The summed E-state index contributed by atoms with van der Waals surface area (Å²) in [6.45, 7) is 0. The van der Waals surface area contributed by atoms with Gasteiger partial charge in [-0.25, -0.2) is 15.0 Å². The molecule has 0 atom stereocenters. The first-order valence-electron chi connectivity index (χ1n) is 6.02.